The Morgan fingerprint density at radius 2 is 1.85 bits per heavy atom. The van der Waals surface area contributed by atoms with E-state index in [9.17, 15) is 4.79 Å². The lowest BCUT2D eigenvalue weighted by Crippen LogP contribution is -2.37. The SMILES string of the molecule is Cc1cc(N2CCOCC2)nc(CNC(=O)c2ccc3ccccc3c2)n1. The summed E-state index contributed by atoms with van der Waals surface area (Å²) in [6, 6.07) is 15.7. The topological polar surface area (TPSA) is 67.3 Å². The van der Waals surface area contributed by atoms with Gasteiger partial charge >= 0.3 is 0 Å². The van der Waals surface area contributed by atoms with E-state index in [1.54, 1.807) is 0 Å². The second-order valence-corrected chi connectivity index (χ2v) is 6.63. The van der Waals surface area contributed by atoms with Crippen molar-refractivity contribution in [3.63, 3.8) is 0 Å². The van der Waals surface area contributed by atoms with Crippen molar-refractivity contribution in [2.75, 3.05) is 31.2 Å². The zero-order valence-corrected chi connectivity index (χ0v) is 15.3. The Morgan fingerprint density at radius 1 is 1.07 bits per heavy atom. The van der Waals surface area contributed by atoms with E-state index in [0.717, 1.165) is 35.4 Å². The molecule has 4 rings (SSSR count). The predicted octanol–water partition coefficient (Wildman–Crippen LogP) is 2.70. The highest BCUT2D eigenvalue weighted by Gasteiger charge is 2.14. The van der Waals surface area contributed by atoms with Gasteiger partial charge in [-0.3, -0.25) is 4.79 Å². The molecule has 1 N–H and O–H groups in total. The van der Waals surface area contributed by atoms with Crippen LogP contribution in [0.3, 0.4) is 0 Å². The molecule has 1 saturated heterocycles. The Kier molecular flexibility index (Phi) is 4.98. The summed E-state index contributed by atoms with van der Waals surface area (Å²) in [5.74, 6) is 1.38. The maximum Gasteiger partial charge on any atom is 0.251 e. The first-order chi connectivity index (χ1) is 13.2. The number of aryl methyl sites for hydroxylation is 1. The summed E-state index contributed by atoms with van der Waals surface area (Å²) in [7, 11) is 0. The number of amides is 1. The highest BCUT2D eigenvalue weighted by atomic mass is 16.5. The summed E-state index contributed by atoms with van der Waals surface area (Å²) in [6.07, 6.45) is 0. The van der Waals surface area contributed by atoms with Crippen molar-refractivity contribution >= 4 is 22.5 Å². The van der Waals surface area contributed by atoms with E-state index >= 15 is 0 Å². The number of nitrogens with one attached hydrogen (secondary N) is 1. The molecule has 138 valence electrons. The van der Waals surface area contributed by atoms with Crippen LogP contribution in [-0.2, 0) is 11.3 Å². The molecule has 1 aromatic heterocycles. The molecule has 1 fully saturated rings. The second kappa shape index (κ2) is 7.72. The third-order valence-electron chi connectivity index (χ3n) is 4.64. The lowest BCUT2D eigenvalue weighted by atomic mass is 10.1. The summed E-state index contributed by atoms with van der Waals surface area (Å²) in [5.41, 5.74) is 1.52. The van der Waals surface area contributed by atoms with Crippen molar-refractivity contribution in [3.05, 3.63) is 65.6 Å². The number of nitrogens with zero attached hydrogens (tertiary/aromatic N) is 3. The molecule has 0 aliphatic carbocycles. The number of carbonyl (C=O) groups is 1. The molecule has 0 spiro atoms. The number of morpholine rings is 1. The van der Waals surface area contributed by atoms with Gasteiger partial charge in [0.05, 0.1) is 19.8 Å². The smallest absolute Gasteiger partial charge is 0.251 e. The van der Waals surface area contributed by atoms with E-state index in [2.05, 4.69) is 20.2 Å². The van der Waals surface area contributed by atoms with Crippen molar-refractivity contribution in [1.82, 2.24) is 15.3 Å². The minimum atomic E-state index is -0.126. The predicted molar refractivity (Wildman–Crippen MR) is 105 cm³/mol. The fraction of sp³-hybridized carbons (Fsp3) is 0.286. The Labute approximate surface area is 158 Å². The Hall–Kier alpha value is -2.99. The molecular weight excluding hydrogens is 340 g/mol. The van der Waals surface area contributed by atoms with Gasteiger partial charge in [-0.05, 0) is 29.8 Å². The fourth-order valence-corrected chi connectivity index (χ4v) is 3.24. The average Bonchev–Trinajstić information content (AvgIpc) is 2.72. The number of benzene rings is 2. The molecule has 0 radical (unpaired) electrons. The molecule has 2 heterocycles. The van der Waals surface area contributed by atoms with Crippen LogP contribution in [0.15, 0.2) is 48.5 Å². The summed E-state index contributed by atoms with van der Waals surface area (Å²) in [6.45, 7) is 5.29. The maximum atomic E-state index is 12.5. The molecule has 0 atom stereocenters. The van der Waals surface area contributed by atoms with E-state index in [-0.39, 0.29) is 5.91 Å². The molecule has 0 saturated carbocycles. The highest BCUT2D eigenvalue weighted by Crippen LogP contribution is 2.16. The van der Waals surface area contributed by atoms with Gasteiger partial charge < -0.3 is 15.0 Å². The lowest BCUT2D eigenvalue weighted by molar-refractivity contribution is 0.0950. The summed E-state index contributed by atoms with van der Waals surface area (Å²) < 4.78 is 5.40. The Morgan fingerprint density at radius 3 is 2.67 bits per heavy atom. The number of anilines is 1. The molecule has 0 unspecified atom stereocenters. The quantitative estimate of drug-likeness (QED) is 0.773. The summed E-state index contributed by atoms with van der Waals surface area (Å²) in [5, 5.41) is 5.09. The minimum absolute atomic E-state index is 0.126. The molecule has 2 aromatic carbocycles. The van der Waals surface area contributed by atoms with Gasteiger partial charge in [0.2, 0.25) is 0 Å². The summed E-state index contributed by atoms with van der Waals surface area (Å²) in [4.78, 5) is 23.8. The second-order valence-electron chi connectivity index (χ2n) is 6.63. The van der Waals surface area contributed by atoms with Crippen LogP contribution in [0.2, 0.25) is 0 Å². The van der Waals surface area contributed by atoms with Gasteiger partial charge in [-0.25, -0.2) is 9.97 Å². The van der Waals surface area contributed by atoms with Crippen molar-refractivity contribution in [2.24, 2.45) is 0 Å². The van der Waals surface area contributed by atoms with Crippen LogP contribution >= 0.6 is 0 Å². The molecule has 27 heavy (non-hydrogen) atoms. The molecule has 3 aromatic rings. The monoisotopic (exact) mass is 362 g/mol. The van der Waals surface area contributed by atoms with E-state index < -0.39 is 0 Å². The van der Waals surface area contributed by atoms with E-state index in [1.165, 1.54) is 0 Å². The number of hydrogen-bond acceptors (Lipinski definition) is 5. The molecule has 0 bridgehead atoms. The summed E-state index contributed by atoms with van der Waals surface area (Å²) >= 11 is 0. The van der Waals surface area contributed by atoms with Crippen molar-refractivity contribution < 1.29 is 9.53 Å². The molecular formula is C21H22N4O2. The van der Waals surface area contributed by atoms with E-state index in [4.69, 9.17) is 4.74 Å². The van der Waals surface area contributed by atoms with Gasteiger partial charge in [-0.15, -0.1) is 0 Å². The van der Waals surface area contributed by atoms with Crippen LogP contribution < -0.4 is 10.2 Å². The lowest BCUT2D eigenvalue weighted by Gasteiger charge is -2.28. The molecule has 6 nitrogen and oxygen atoms in total. The van der Waals surface area contributed by atoms with Gasteiger partial charge in [-0.2, -0.15) is 0 Å². The highest BCUT2D eigenvalue weighted by molar-refractivity contribution is 5.98. The first-order valence-corrected chi connectivity index (χ1v) is 9.13. The minimum Gasteiger partial charge on any atom is -0.378 e. The molecule has 1 aliphatic rings. The number of rotatable bonds is 4. The molecule has 1 amide bonds. The molecule has 6 heteroatoms. The van der Waals surface area contributed by atoms with Crippen molar-refractivity contribution in [3.8, 4) is 0 Å². The van der Waals surface area contributed by atoms with Crippen LogP contribution in [0.5, 0.6) is 0 Å². The number of ether oxygens (including phenoxy) is 1. The van der Waals surface area contributed by atoms with Gasteiger partial charge in [0.25, 0.3) is 5.91 Å². The largest absolute Gasteiger partial charge is 0.378 e. The van der Waals surface area contributed by atoms with Gasteiger partial charge in [0.1, 0.15) is 11.6 Å². The number of carbonyl (C=O) groups excluding carboxylic acids is 1. The number of hydrogen-bond donors (Lipinski definition) is 1. The Balaban J connectivity index is 1.47. The average molecular weight is 362 g/mol. The van der Waals surface area contributed by atoms with Gasteiger partial charge in [0, 0.05) is 30.4 Å². The van der Waals surface area contributed by atoms with Crippen molar-refractivity contribution in [1.29, 1.82) is 0 Å². The van der Waals surface area contributed by atoms with Crippen LogP contribution in [0.25, 0.3) is 10.8 Å². The van der Waals surface area contributed by atoms with Crippen LogP contribution in [0.1, 0.15) is 21.9 Å². The first kappa shape index (κ1) is 17.4. The standard InChI is InChI=1S/C21H22N4O2/c1-15-12-20(25-8-10-27-11-9-25)24-19(23-15)14-22-21(26)18-7-6-16-4-2-3-5-17(16)13-18/h2-7,12-13H,8-11,14H2,1H3,(H,22,26). The van der Waals surface area contributed by atoms with E-state index in [1.807, 2.05) is 55.5 Å². The van der Waals surface area contributed by atoms with Crippen LogP contribution in [-0.4, -0.2) is 42.2 Å². The number of aromatic nitrogens is 2. The first-order valence-electron chi connectivity index (χ1n) is 9.13. The number of fused-ring (bicyclic) bond motifs is 1. The fourth-order valence-electron chi connectivity index (χ4n) is 3.24. The van der Waals surface area contributed by atoms with E-state index in [0.29, 0.717) is 31.1 Å². The maximum absolute atomic E-state index is 12.5. The normalized spacial score (nSPS) is 14.3. The van der Waals surface area contributed by atoms with Crippen LogP contribution in [0.4, 0.5) is 5.82 Å². The third-order valence-corrected chi connectivity index (χ3v) is 4.64. The van der Waals surface area contributed by atoms with Crippen LogP contribution in [0, 0.1) is 6.92 Å². The van der Waals surface area contributed by atoms with Gasteiger partial charge in [0.15, 0.2) is 0 Å². The van der Waals surface area contributed by atoms with Crippen molar-refractivity contribution in [2.45, 2.75) is 13.5 Å². The zero-order chi connectivity index (χ0) is 18.6. The molecule has 1 aliphatic heterocycles. The third kappa shape index (κ3) is 4.06. The Bertz CT molecular complexity index is 967. The van der Waals surface area contributed by atoms with Gasteiger partial charge in [-0.1, -0.05) is 30.3 Å². The zero-order valence-electron chi connectivity index (χ0n) is 15.3.